The molecule has 2 N–H and O–H groups in total. The number of hydrogen-bond acceptors (Lipinski definition) is 8. The fraction of sp³-hybridized carbons (Fsp3) is 0.522. The largest absolute Gasteiger partial charge is 0.385 e. The monoisotopic (exact) mass is 506 g/mol. The minimum atomic E-state index is -3.46. The summed E-state index contributed by atoms with van der Waals surface area (Å²) >= 11 is 1.48. The van der Waals surface area contributed by atoms with Crippen LogP contribution in [0, 0.1) is 29.6 Å². The Bertz CT molecular complexity index is 1050. The number of rotatable bonds is 13. The Morgan fingerprint density at radius 3 is 2.82 bits per heavy atom. The molecule has 0 aliphatic carbocycles. The van der Waals surface area contributed by atoms with E-state index in [1.807, 2.05) is 37.3 Å². The number of carbonyl (C=O) groups is 2. The van der Waals surface area contributed by atoms with Gasteiger partial charge in [-0.3, -0.25) is 13.8 Å². The van der Waals surface area contributed by atoms with Crippen molar-refractivity contribution in [2.75, 3.05) is 37.8 Å². The second kappa shape index (κ2) is 13.2. The maximum atomic E-state index is 12.9. The van der Waals surface area contributed by atoms with Crippen molar-refractivity contribution < 1.29 is 22.2 Å². The Morgan fingerprint density at radius 2 is 2.18 bits per heavy atom. The zero-order chi connectivity index (χ0) is 25.1. The molecule has 1 aliphatic rings. The van der Waals surface area contributed by atoms with E-state index in [1.54, 1.807) is 4.90 Å². The number of carbonyl (C=O) groups excluding carboxylic acids is 2. The number of thioether (sulfide) groups is 1. The first kappa shape index (κ1) is 27.5. The first-order valence-electron chi connectivity index (χ1n) is 10.9. The van der Waals surface area contributed by atoms with Crippen LogP contribution in [0.1, 0.15) is 25.3 Å². The van der Waals surface area contributed by atoms with Crippen LogP contribution < -0.4 is 10.6 Å². The second-order valence-corrected chi connectivity index (χ2v) is 10.8. The van der Waals surface area contributed by atoms with Crippen molar-refractivity contribution >= 4 is 39.4 Å². The fourth-order valence-electron chi connectivity index (χ4n) is 3.56. The molecule has 9 nitrogen and oxygen atoms in total. The third kappa shape index (κ3) is 8.56. The van der Waals surface area contributed by atoms with E-state index in [0.717, 1.165) is 17.5 Å². The van der Waals surface area contributed by atoms with Crippen LogP contribution in [-0.4, -0.2) is 68.3 Å². The molecule has 1 aromatic rings. The molecule has 1 saturated heterocycles. The summed E-state index contributed by atoms with van der Waals surface area (Å²) < 4.78 is 27.0. The van der Waals surface area contributed by atoms with Gasteiger partial charge in [0, 0.05) is 25.2 Å². The smallest absolute Gasteiger partial charge is 0.264 e. The van der Waals surface area contributed by atoms with Gasteiger partial charge in [-0.2, -0.15) is 13.7 Å². The summed E-state index contributed by atoms with van der Waals surface area (Å²) in [5.74, 6) is 1.02. The molecule has 2 amide bonds. The van der Waals surface area contributed by atoms with Crippen LogP contribution in [0.3, 0.4) is 0 Å². The van der Waals surface area contributed by atoms with E-state index in [2.05, 4.69) is 16.6 Å². The molecule has 1 aromatic carbocycles. The van der Waals surface area contributed by atoms with E-state index < -0.39 is 21.9 Å². The number of benzene rings is 1. The van der Waals surface area contributed by atoms with Crippen molar-refractivity contribution in [1.82, 2.24) is 10.2 Å². The summed E-state index contributed by atoms with van der Waals surface area (Å²) in [4.78, 5) is 26.7. The third-order valence-corrected chi connectivity index (χ3v) is 7.32. The Hall–Kier alpha value is -2.73. The van der Waals surface area contributed by atoms with Crippen molar-refractivity contribution in [3.63, 3.8) is 0 Å². The van der Waals surface area contributed by atoms with Crippen LogP contribution in [0.25, 0.3) is 0 Å². The lowest BCUT2D eigenvalue weighted by molar-refractivity contribution is -0.131. The van der Waals surface area contributed by atoms with Gasteiger partial charge in [-0.25, -0.2) is 0 Å². The number of anilines is 1. The summed E-state index contributed by atoms with van der Waals surface area (Å²) in [5, 5.41) is 14.7. The van der Waals surface area contributed by atoms with Gasteiger partial charge in [0.05, 0.1) is 36.1 Å². The molecule has 0 saturated carbocycles. The normalized spacial score (nSPS) is 18.7. The van der Waals surface area contributed by atoms with Crippen molar-refractivity contribution in [1.29, 1.82) is 5.26 Å². The minimum absolute atomic E-state index is 0.00620. The highest BCUT2D eigenvalue weighted by Gasteiger charge is 2.40. The minimum Gasteiger partial charge on any atom is -0.385 e. The lowest BCUT2D eigenvalue weighted by atomic mass is 10.1. The number of amides is 2. The van der Waals surface area contributed by atoms with Gasteiger partial charge < -0.3 is 15.5 Å². The molecule has 3 atom stereocenters. The predicted octanol–water partition coefficient (Wildman–Crippen LogP) is 1.58. The fourth-order valence-corrected chi connectivity index (χ4v) is 5.53. The number of nitrogens with one attached hydrogen (secondary N) is 2. The van der Waals surface area contributed by atoms with Crippen LogP contribution in [-0.2, 0) is 30.3 Å². The van der Waals surface area contributed by atoms with Gasteiger partial charge >= 0.3 is 0 Å². The molecular weight excluding hydrogens is 476 g/mol. The van der Waals surface area contributed by atoms with Gasteiger partial charge in [0.25, 0.3) is 10.1 Å². The molecule has 11 heteroatoms. The maximum absolute atomic E-state index is 12.9. The SMILES string of the molecule is C#CCNC(=O)C(C#N)CC1SC(CCNc2cccc(CCOS(C)(=O)=O)c2)C(=O)N1CC. The molecule has 0 bridgehead atoms. The molecule has 1 fully saturated rings. The summed E-state index contributed by atoms with van der Waals surface area (Å²) in [5.41, 5.74) is 1.80. The van der Waals surface area contributed by atoms with Crippen LogP contribution in [0.2, 0.25) is 0 Å². The number of hydrogen-bond donors (Lipinski definition) is 2. The van der Waals surface area contributed by atoms with E-state index >= 15 is 0 Å². The molecule has 3 unspecified atom stereocenters. The van der Waals surface area contributed by atoms with E-state index in [9.17, 15) is 23.3 Å². The average Bonchev–Trinajstić information content (AvgIpc) is 3.09. The van der Waals surface area contributed by atoms with Gasteiger partial charge in [-0.15, -0.1) is 18.2 Å². The summed E-state index contributed by atoms with van der Waals surface area (Å²) in [6.07, 6.45) is 7.47. The van der Waals surface area contributed by atoms with Crippen molar-refractivity contribution in [2.24, 2.45) is 5.92 Å². The van der Waals surface area contributed by atoms with Crippen molar-refractivity contribution in [3.8, 4) is 18.4 Å². The van der Waals surface area contributed by atoms with Gasteiger partial charge in [0.2, 0.25) is 11.8 Å². The summed E-state index contributed by atoms with van der Waals surface area (Å²) in [7, 11) is -3.46. The zero-order valence-corrected chi connectivity index (χ0v) is 21.0. The number of nitrogens with zero attached hydrogens (tertiary/aromatic N) is 2. The Morgan fingerprint density at radius 1 is 1.41 bits per heavy atom. The van der Waals surface area contributed by atoms with Gasteiger partial charge in [-0.05, 0) is 37.5 Å². The highest BCUT2D eigenvalue weighted by atomic mass is 32.2. The Kier molecular flexibility index (Phi) is 10.7. The Labute approximate surface area is 205 Å². The van der Waals surface area contributed by atoms with Gasteiger partial charge in [0.1, 0.15) is 5.92 Å². The van der Waals surface area contributed by atoms with Crippen LogP contribution in [0.5, 0.6) is 0 Å². The number of nitriles is 1. The van der Waals surface area contributed by atoms with Gasteiger partial charge in [0.15, 0.2) is 0 Å². The molecule has 1 aliphatic heterocycles. The topological polar surface area (TPSA) is 129 Å². The highest BCUT2D eigenvalue weighted by molar-refractivity contribution is 8.01. The van der Waals surface area contributed by atoms with E-state index in [-0.39, 0.29) is 36.1 Å². The maximum Gasteiger partial charge on any atom is 0.264 e. The molecule has 184 valence electrons. The zero-order valence-electron chi connectivity index (χ0n) is 19.3. The second-order valence-electron chi connectivity index (χ2n) is 7.73. The van der Waals surface area contributed by atoms with E-state index in [0.29, 0.717) is 25.9 Å². The quantitative estimate of drug-likeness (QED) is 0.305. The third-order valence-electron chi connectivity index (χ3n) is 5.19. The highest BCUT2D eigenvalue weighted by Crippen LogP contribution is 2.36. The standard InChI is InChI=1S/C23H30N4O5S2/c1-4-11-26-22(28)18(16-24)15-21-27(5-2)23(29)20(33-21)9-12-25-19-8-6-7-17(14-19)10-13-32-34(3,30)31/h1,6-8,14,18,20-21,25H,5,9-13,15H2,2-3H3,(H,26,28). The van der Waals surface area contributed by atoms with Crippen LogP contribution in [0.4, 0.5) is 5.69 Å². The Balaban J connectivity index is 1.89. The molecule has 0 aromatic heterocycles. The molecule has 1 heterocycles. The van der Waals surface area contributed by atoms with E-state index in [4.69, 9.17) is 10.6 Å². The van der Waals surface area contributed by atoms with Crippen LogP contribution in [0.15, 0.2) is 24.3 Å². The molecular formula is C23H30N4O5S2. The molecule has 0 spiro atoms. The number of terminal acetylenes is 1. The first-order valence-corrected chi connectivity index (χ1v) is 13.7. The lowest BCUT2D eigenvalue weighted by Crippen LogP contribution is -2.38. The van der Waals surface area contributed by atoms with Crippen molar-refractivity contribution in [2.45, 2.75) is 36.8 Å². The molecule has 34 heavy (non-hydrogen) atoms. The summed E-state index contributed by atoms with van der Waals surface area (Å²) in [6.45, 7) is 3.08. The predicted molar refractivity (Wildman–Crippen MR) is 132 cm³/mol. The van der Waals surface area contributed by atoms with Gasteiger partial charge in [-0.1, -0.05) is 18.1 Å². The van der Waals surface area contributed by atoms with E-state index in [1.165, 1.54) is 11.8 Å². The average molecular weight is 507 g/mol. The lowest BCUT2D eigenvalue weighted by Gasteiger charge is -2.23. The molecule has 2 rings (SSSR count). The first-order chi connectivity index (χ1) is 16.2. The summed E-state index contributed by atoms with van der Waals surface area (Å²) in [6, 6.07) is 9.60. The van der Waals surface area contributed by atoms with Crippen molar-refractivity contribution in [3.05, 3.63) is 29.8 Å². The molecule has 0 radical (unpaired) electrons. The van der Waals surface area contributed by atoms with Crippen LogP contribution >= 0.6 is 11.8 Å².